The number of ether oxygens (including phenoxy) is 1. The zero-order valence-corrected chi connectivity index (χ0v) is 8.16. The predicted octanol–water partition coefficient (Wildman–Crippen LogP) is 1.44. The molecule has 1 atom stereocenters. The molecular weight excluding hydrogens is 195 g/mol. The first-order valence-corrected chi connectivity index (χ1v) is 4.86. The Hall–Kier alpha value is -1.60. The fourth-order valence-electron chi connectivity index (χ4n) is 1.58. The fourth-order valence-corrected chi connectivity index (χ4v) is 1.58. The first kappa shape index (κ1) is 9.94. The zero-order valence-electron chi connectivity index (χ0n) is 8.16. The molecule has 0 spiro atoms. The van der Waals surface area contributed by atoms with E-state index in [0.717, 1.165) is 19.5 Å². The lowest BCUT2D eigenvalue weighted by Crippen LogP contribution is -2.19. The largest absolute Gasteiger partial charge is 0.489 e. The van der Waals surface area contributed by atoms with Crippen LogP contribution in [0.2, 0.25) is 0 Å². The number of rotatable bonds is 2. The topological polar surface area (TPSA) is 45.0 Å². The molecule has 1 aliphatic rings. The van der Waals surface area contributed by atoms with Gasteiger partial charge in [-0.3, -0.25) is 0 Å². The van der Waals surface area contributed by atoms with Crippen LogP contribution in [0, 0.1) is 17.1 Å². The summed E-state index contributed by atoms with van der Waals surface area (Å²) in [5.74, 6) is -0.0406. The Labute approximate surface area is 87.5 Å². The van der Waals surface area contributed by atoms with Crippen LogP contribution in [0.1, 0.15) is 12.0 Å². The van der Waals surface area contributed by atoms with Crippen molar-refractivity contribution in [3.8, 4) is 11.8 Å². The molecule has 1 heterocycles. The summed E-state index contributed by atoms with van der Waals surface area (Å²) < 4.78 is 18.7. The molecule has 1 aliphatic heterocycles. The van der Waals surface area contributed by atoms with Crippen molar-refractivity contribution in [1.82, 2.24) is 5.32 Å². The van der Waals surface area contributed by atoms with Crippen molar-refractivity contribution in [3.05, 3.63) is 29.6 Å². The van der Waals surface area contributed by atoms with Crippen LogP contribution in [0.25, 0.3) is 0 Å². The molecule has 0 saturated carbocycles. The van der Waals surface area contributed by atoms with Gasteiger partial charge in [0.1, 0.15) is 23.7 Å². The average molecular weight is 206 g/mol. The molecule has 0 bridgehead atoms. The molecule has 1 aromatic carbocycles. The summed E-state index contributed by atoms with van der Waals surface area (Å²) in [5, 5.41) is 11.7. The SMILES string of the molecule is N#Cc1ccc(OC2CCNC2)cc1F. The zero-order chi connectivity index (χ0) is 10.7. The van der Waals surface area contributed by atoms with Gasteiger partial charge in [0.15, 0.2) is 0 Å². The molecular formula is C11H11FN2O. The van der Waals surface area contributed by atoms with Gasteiger partial charge in [0, 0.05) is 12.6 Å². The van der Waals surface area contributed by atoms with E-state index in [4.69, 9.17) is 10.00 Å². The van der Waals surface area contributed by atoms with E-state index in [9.17, 15) is 4.39 Å². The van der Waals surface area contributed by atoms with Crippen LogP contribution in [0.15, 0.2) is 18.2 Å². The van der Waals surface area contributed by atoms with Crippen molar-refractivity contribution >= 4 is 0 Å². The van der Waals surface area contributed by atoms with E-state index in [0.29, 0.717) is 5.75 Å². The van der Waals surface area contributed by atoms with E-state index >= 15 is 0 Å². The van der Waals surface area contributed by atoms with Gasteiger partial charge in [0.05, 0.1) is 5.56 Å². The molecule has 1 unspecified atom stereocenters. The number of nitriles is 1. The molecule has 1 saturated heterocycles. The van der Waals surface area contributed by atoms with Gasteiger partial charge >= 0.3 is 0 Å². The molecule has 2 rings (SSSR count). The summed E-state index contributed by atoms with van der Waals surface area (Å²) in [6.07, 6.45) is 1.04. The van der Waals surface area contributed by atoms with Crippen molar-refractivity contribution in [2.24, 2.45) is 0 Å². The van der Waals surface area contributed by atoms with Gasteiger partial charge in [-0.15, -0.1) is 0 Å². The van der Waals surface area contributed by atoms with E-state index in [1.54, 1.807) is 12.1 Å². The number of hydrogen-bond acceptors (Lipinski definition) is 3. The van der Waals surface area contributed by atoms with Crippen molar-refractivity contribution in [1.29, 1.82) is 5.26 Å². The second-order valence-electron chi connectivity index (χ2n) is 3.49. The summed E-state index contributed by atoms with van der Waals surface area (Å²) in [5.41, 5.74) is 0.0481. The minimum Gasteiger partial charge on any atom is -0.489 e. The predicted molar refractivity (Wildman–Crippen MR) is 53.0 cm³/mol. The standard InChI is InChI=1S/C11H11FN2O/c12-11-5-9(2-1-8(11)6-13)15-10-3-4-14-7-10/h1-2,5,10,14H,3-4,7H2. The van der Waals surface area contributed by atoms with Crippen LogP contribution in [-0.4, -0.2) is 19.2 Å². The third-order valence-electron chi connectivity index (χ3n) is 2.38. The molecule has 0 aliphatic carbocycles. The quantitative estimate of drug-likeness (QED) is 0.796. The Morgan fingerprint density at radius 1 is 1.53 bits per heavy atom. The van der Waals surface area contributed by atoms with Gasteiger partial charge in [-0.1, -0.05) is 0 Å². The highest BCUT2D eigenvalue weighted by Crippen LogP contribution is 2.18. The highest BCUT2D eigenvalue weighted by atomic mass is 19.1. The number of benzene rings is 1. The molecule has 4 heteroatoms. The third kappa shape index (κ3) is 2.25. The van der Waals surface area contributed by atoms with Crippen LogP contribution < -0.4 is 10.1 Å². The molecule has 15 heavy (non-hydrogen) atoms. The molecule has 0 aromatic heterocycles. The lowest BCUT2D eigenvalue weighted by Gasteiger charge is -2.12. The number of hydrogen-bond donors (Lipinski definition) is 1. The molecule has 3 nitrogen and oxygen atoms in total. The van der Waals surface area contributed by atoms with Crippen LogP contribution in [0.3, 0.4) is 0 Å². The Morgan fingerprint density at radius 2 is 2.40 bits per heavy atom. The van der Waals surface area contributed by atoms with Gasteiger partial charge < -0.3 is 10.1 Å². The van der Waals surface area contributed by atoms with E-state index in [1.807, 2.05) is 0 Å². The monoisotopic (exact) mass is 206 g/mol. The maximum absolute atomic E-state index is 13.2. The Kier molecular flexibility index (Phi) is 2.84. The van der Waals surface area contributed by atoms with Crippen molar-refractivity contribution in [2.75, 3.05) is 13.1 Å². The summed E-state index contributed by atoms with van der Waals surface area (Å²) in [6.45, 7) is 1.73. The summed E-state index contributed by atoms with van der Waals surface area (Å²) in [4.78, 5) is 0. The minimum atomic E-state index is -0.527. The van der Waals surface area contributed by atoms with Gasteiger partial charge in [-0.25, -0.2) is 4.39 Å². The maximum Gasteiger partial charge on any atom is 0.144 e. The third-order valence-corrected chi connectivity index (χ3v) is 2.38. The number of nitrogens with zero attached hydrogens (tertiary/aromatic N) is 1. The molecule has 78 valence electrons. The lowest BCUT2D eigenvalue weighted by atomic mass is 10.2. The van der Waals surface area contributed by atoms with E-state index in [2.05, 4.69) is 5.32 Å². The van der Waals surface area contributed by atoms with Crippen molar-refractivity contribution in [3.63, 3.8) is 0 Å². The second kappa shape index (κ2) is 4.28. The smallest absolute Gasteiger partial charge is 0.144 e. The fraction of sp³-hybridized carbons (Fsp3) is 0.364. The van der Waals surface area contributed by atoms with E-state index in [-0.39, 0.29) is 11.7 Å². The maximum atomic E-state index is 13.2. The van der Waals surface area contributed by atoms with Crippen LogP contribution in [-0.2, 0) is 0 Å². The summed E-state index contributed by atoms with van der Waals surface area (Å²) in [6, 6.07) is 6.10. The van der Waals surface area contributed by atoms with Gasteiger partial charge in [-0.2, -0.15) is 5.26 Å². The highest BCUT2D eigenvalue weighted by molar-refractivity contribution is 5.36. The van der Waals surface area contributed by atoms with Gasteiger partial charge in [-0.05, 0) is 25.1 Å². The number of nitrogens with one attached hydrogen (secondary N) is 1. The molecule has 0 amide bonds. The van der Waals surface area contributed by atoms with Crippen LogP contribution in [0.4, 0.5) is 4.39 Å². The molecule has 1 aromatic rings. The first-order chi connectivity index (χ1) is 7.29. The minimum absolute atomic E-state index is 0.0481. The summed E-state index contributed by atoms with van der Waals surface area (Å²) in [7, 11) is 0. The van der Waals surface area contributed by atoms with E-state index < -0.39 is 5.82 Å². The van der Waals surface area contributed by atoms with Crippen LogP contribution >= 0.6 is 0 Å². The second-order valence-corrected chi connectivity index (χ2v) is 3.49. The Morgan fingerprint density at radius 3 is 3.00 bits per heavy atom. The van der Waals surface area contributed by atoms with Gasteiger partial charge in [0.25, 0.3) is 0 Å². The van der Waals surface area contributed by atoms with Gasteiger partial charge in [0.2, 0.25) is 0 Å². The lowest BCUT2D eigenvalue weighted by molar-refractivity contribution is 0.222. The van der Waals surface area contributed by atoms with Crippen LogP contribution in [0.5, 0.6) is 5.75 Å². The number of halogens is 1. The first-order valence-electron chi connectivity index (χ1n) is 4.86. The highest BCUT2D eigenvalue weighted by Gasteiger charge is 2.16. The normalized spacial score (nSPS) is 19.9. The van der Waals surface area contributed by atoms with Crippen molar-refractivity contribution < 1.29 is 9.13 Å². The summed E-state index contributed by atoms with van der Waals surface area (Å²) >= 11 is 0. The molecule has 1 N–H and O–H groups in total. The Bertz CT molecular complexity index is 394. The molecule has 0 radical (unpaired) electrons. The van der Waals surface area contributed by atoms with E-state index in [1.165, 1.54) is 12.1 Å². The average Bonchev–Trinajstić information content (AvgIpc) is 2.71. The van der Waals surface area contributed by atoms with Crippen molar-refractivity contribution in [2.45, 2.75) is 12.5 Å². The Balaban J connectivity index is 2.09. The molecule has 1 fully saturated rings.